The summed E-state index contributed by atoms with van der Waals surface area (Å²) in [6.07, 6.45) is 3.64. The number of fused-ring (bicyclic) bond motifs is 3. The summed E-state index contributed by atoms with van der Waals surface area (Å²) in [5.74, 6) is -3.22. The van der Waals surface area contributed by atoms with Crippen molar-refractivity contribution in [3.63, 3.8) is 0 Å². The van der Waals surface area contributed by atoms with Gasteiger partial charge in [0.05, 0.1) is 12.7 Å². The summed E-state index contributed by atoms with van der Waals surface area (Å²) in [6.45, 7) is 0.0217. The van der Waals surface area contributed by atoms with Crippen molar-refractivity contribution in [1.29, 1.82) is 0 Å². The van der Waals surface area contributed by atoms with Crippen LogP contribution in [0.2, 0.25) is 0 Å². The molecule has 0 spiro atoms. The molecule has 5 aliphatic rings. The third-order valence-corrected chi connectivity index (χ3v) is 9.13. The highest BCUT2D eigenvalue weighted by molar-refractivity contribution is 6.20. The lowest BCUT2D eigenvalue weighted by Gasteiger charge is -2.54. The molecule has 1 amide bonds. The van der Waals surface area contributed by atoms with Gasteiger partial charge in [0.2, 0.25) is 5.78 Å². The third kappa shape index (κ3) is 3.88. The Morgan fingerprint density at radius 2 is 1.45 bits per heavy atom. The highest BCUT2D eigenvalue weighted by atomic mass is 19.1. The highest BCUT2D eigenvalue weighted by Crippen LogP contribution is 2.50. The van der Waals surface area contributed by atoms with Crippen LogP contribution in [0.5, 0.6) is 0 Å². The Morgan fingerprint density at radius 3 is 1.95 bits per heavy atom. The molecule has 7 rings (SSSR count). The zero-order chi connectivity index (χ0) is 27.9. The molecule has 40 heavy (non-hydrogen) atoms. The fourth-order valence-electron chi connectivity index (χ4n) is 6.99. The number of rotatable bonds is 5. The first-order chi connectivity index (χ1) is 19.3. The number of carboxylic acids is 1. The summed E-state index contributed by atoms with van der Waals surface area (Å²) in [6, 6.07) is 7.16. The fourth-order valence-corrected chi connectivity index (χ4v) is 6.99. The molecule has 2 saturated carbocycles. The number of halogens is 2. The van der Waals surface area contributed by atoms with Gasteiger partial charge in [0.15, 0.2) is 6.04 Å². The van der Waals surface area contributed by atoms with Crippen molar-refractivity contribution in [3.8, 4) is 0 Å². The number of Topliss-reactive ketones (excluding diaryl/α,β-unsaturated/α-hetero) is 1. The van der Waals surface area contributed by atoms with Crippen molar-refractivity contribution in [3.05, 3.63) is 82.1 Å². The van der Waals surface area contributed by atoms with Crippen molar-refractivity contribution in [2.75, 3.05) is 6.67 Å². The van der Waals surface area contributed by atoms with E-state index in [0.717, 1.165) is 31.9 Å². The Balaban J connectivity index is 1.45. The number of amides is 1. The lowest BCUT2D eigenvalue weighted by molar-refractivity contribution is -0.192. The second-order valence-corrected chi connectivity index (χ2v) is 11.6. The van der Waals surface area contributed by atoms with Crippen LogP contribution in [-0.2, 0) is 27.2 Å². The summed E-state index contributed by atoms with van der Waals surface area (Å²) in [5.41, 5.74) is 1.33. The quantitative estimate of drug-likeness (QED) is 0.553. The maximum atomic E-state index is 15.3. The Bertz CT molecular complexity index is 1400. The van der Waals surface area contributed by atoms with Crippen molar-refractivity contribution in [2.24, 2.45) is 11.8 Å². The molecule has 2 heterocycles. The number of hydrogen-bond acceptors (Lipinski definition) is 6. The molecule has 208 valence electrons. The molecule has 2 atom stereocenters. The average molecular weight is 550 g/mol. The van der Waals surface area contributed by atoms with Crippen molar-refractivity contribution in [2.45, 2.75) is 62.8 Å². The van der Waals surface area contributed by atoms with Gasteiger partial charge >= 0.3 is 5.97 Å². The van der Waals surface area contributed by atoms with Gasteiger partial charge in [-0.3, -0.25) is 14.6 Å². The smallest absolute Gasteiger partial charge is 0.340 e. The van der Waals surface area contributed by atoms with Crippen LogP contribution < -0.4 is 0 Å². The van der Waals surface area contributed by atoms with E-state index in [-0.39, 0.29) is 25.6 Å². The van der Waals surface area contributed by atoms with Crippen LogP contribution in [0, 0.1) is 23.5 Å². The van der Waals surface area contributed by atoms with E-state index in [1.807, 2.05) is 0 Å². The van der Waals surface area contributed by atoms with Gasteiger partial charge in [-0.1, -0.05) is 24.3 Å². The molecule has 2 aromatic carbocycles. The summed E-state index contributed by atoms with van der Waals surface area (Å²) < 4.78 is 30.5. The number of aliphatic hydroxyl groups is 1. The van der Waals surface area contributed by atoms with Crippen LogP contribution in [0.1, 0.15) is 54.0 Å². The number of hydrazine groups is 1. The first-order valence-electron chi connectivity index (χ1n) is 13.8. The maximum absolute atomic E-state index is 15.3. The summed E-state index contributed by atoms with van der Waals surface area (Å²) in [5, 5.41) is 24.0. The first-order valence-corrected chi connectivity index (χ1v) is 13.8. The van der Waals surface area contributed by atoms with Gasteiger partial charge in [-0.25, -0.2) is 13.6 Å². The van der Waals surface area contributed by atoms with E-state index >= 15 is 8.78 Å². The van der Waals surface area contributed by atoms with E-state index in [4.69, 9.17) is 0 Å². The van der Waals surface area contributed by atoms with Crippen LogP contribution in [0.3, 0.4) is 0 Å². The van der Waals surface area contributed by atoms with E-state index in [1.165, 1.54) is 17.1 Å². The predicted octanol–water partition coefficient (Wildman–Crippen LogP) is 2.94. The number of aliphatic hydroxyl groups excluding tert-OH is 1. The number of ketones is 1. The minimum Gasteiger partial charge on any atom is -0.478 e. The molecule has 2 aromatic rings. The van der Waals surface area contributed by atoms with E-state index in [9.17, 15) is 24.6 Å². The molecule has 0 bridgehead atoms. The number of nitrogens with zero attached hydrogens (tertiary/aromatic N) is 3. The molecule has 10 heteroatoms. The molecule has 1 saturated heterocycles. The normalized spacial score (nSPS) is 25.4. The molecule has 3 aliphatic carbocycles. The number of carboxylic acid groups (broad SMARTS) is 1. The van der Waals surface area contributed by atoms with Crippen molar-refractivity contribution < 1.29 is 33.4 Å². The summed E-state index contributed by atoms with van der Waals surface area (Å²) in [7, 11) is 0. The van der Waals surface area contributed by atoms with E-state index < -0.39 is 53.1 Å². The second-order valence-electron chi connectivity index (χ2n) is 11.6. The lowest BCUT2D eigenvalue weighted by atomic mass is 9.90. The van der Waals surface area contributed by atoms with Gasteiger partial charge in [-0.05, 0) is 84.7 Å². The topological polar surface area (TPSA) is 101 Å². The van der Waals surface area contributed by atoms with Crippen molar-refractivity contribution in [1.82, 2.24) is 14.9 Å². The molecular weight excluding hydrogens is 520 g/mol. The van der Waals surface area contributed by atoms with Gasteiger partial charge < -0.3 is 15.1 Å². The highest BCUT2D eigenvalue weighted by Gasteiger charge is 2.56. The molecule has 0 aromatic heterocycles. The molecule has 2 unspecified atom stereocenters. The molecule has 2 aliphatic heterocycles. The molecule has 8 nitrogen and oxygen atoms in total. The predicted molar refractivity (Wildman–Crippen MR) is 137 cm³/mol. The van der Waals surface area contributed by atoms with Gasteiger partial charge in [-0.15, -0.1) is 0 Å². The van der Waals surface area contributed by atoms with Crippen LogP contribution in [0.15, 0.2) is 48.2 Å². The Kier molecular flexibility index (Phi) is 5.83. The zero-order valence-corrected chi connectivity index (χ0v) is 21.7. The molecule has 2 N–H and O–H groups in total. The minimum atomic E-state index is -1.90. The first kappa shape index (κ1) is 25.3. The number of carbonyl (C=O) groups excluding carboxylic acids is 2. The van der Waals surface area contributed by atoms with Gasteiger partial charge in [0.1, 0.15) is 23.3 Å². The molecule has 3 fully saturated rings. The number of carbonyl (C=O) groups is 3. The van der Waals surface area contributed by atoms with Gasteiger partial charge in [0.25, 0.3) is 5.91 Å². The average Bonchev–Trinajstić information content (AvgIpc) is 3.83. The Labute approximate surface area is 229 Å². The Morgan fingerprint density at radius 1 is 0.900 bits per heavy atom. The maximum Gasteiger partial charge on any atom is 0.340 e. The Hall–Kier alpha value is -3.63. The van der Waals surface area contributed by atoms with Gasteiger partial charge in [0, 0.05) is 12.2 Å². The SMILES string of the molecule is O=C(O)C1=CN2C(C(=O)N(C(C3CC3)C3CC3)CN2C2c3cccc(F)c3CCc3c(F)cccc32)C(O)C1=O. The number of benzene rings is 2. The van der Waals surface area contributed by atoms with E-state index in [1.54, 1.807) is 34.2 Å². The standard InChI is InChI=1S/C30H29F2N3O5/c31-22-5-1-3-19-17(22)11-12-18-20(4-2-6-23(18)32)25(19)35-14-33(24(15-7-8-15)16-9-10-16)29(38)26-28(37)27(36)21(30(39)40)13-34(26)35/h1-6,13,15-16,24-26,28,37H,7-12,14H2,(H,39,40). The van der Waals surface area contributed by atoms with Crippen LogP contribution in [0.4, 0.5) is 8.78 Å². The van der Waals surface area contributed by atoms with Crippen LogP contribution in [-0.4, -0.2) is 67.6 Å². The number of hydrogen-bond donors (Lipinski definition) is 2. The molecule has 0 radical (unpaired) electrons. The third-order valence-electron chi connectivity index (χ3n) is 9.13. The minimum absolute atomic E-state index is 0.0217. The number of aliphatic carboxylic acids is 1. The van der Waals surface area contributed by atoms with E-state index in [0.29, 0.717) is 34.1 Å². The van der Waals surface area contributed by atoms with Crippen LogP contribution >= 0.6 is 0 Å². The second kappa shape index (κ2) is 9.21. The molecular formula is C30H29F2N3O5. The van der Waals surface area contributed by atoms with Crippen molar-refractivity contribution >= 4 is 17.7 Å². The van der Waals surface area contributed by atoms with Crippen LogP contribution in [0.25, 0.3) is 0 Å². The monoisotopic (exact) mass is 549 g/mol. The lowest BCUT2D eigenvalue weighted by Crippen LogP contribution is -2.71. The zero-order valence-electron chi connectivity index (χ0n) is 21.7. The van der Waals surface area contributed by atoms with E-state index in [2.05, 4.69) is 0 Å². The largest absolute Gasteiger partial charge is 0.478 e. The summed E-state index contributed by atoms with van der Waals surface area (Å²) >= 11 is 0. The summed E-state index contributed by atoms with van der Waals surface area (Å²) in [4.78, 5) is 40.7. The fraction of sp³-hybridized carbons (Fsp3) is 0.433. The van der Waals surface area contributed by atoms with Gasteiger partial charge in [-0.2, -0.15) is 5.01 Å².